The van der Waals surface area contributed by atoms with Crippen molar-refractivity contribution >= 4 is 27.3 Å². The highest BCUT2D eigenvalue weighted by Gasteiger charge is 2.20. The summed E-state index contributed by atoms with van der Waals surface area (Å²) < 4.78 is 43.4. The van der Waals surface area contributed by atoms with Gasteiger partial charge in [-0.1, -0.05) is 6.92 Å². The summed E-state index contributed by atoms with van der Waals surface area (Å²) >= 11 is 0. The predicted molar refractivity (Wildman–Crippen MR) is 95.3 cm³/mol. The van der Waals surface area contributed by atoms with Gasteiger partial charge in [-0.25, -0.2) is 8.42 Å². The summed E-state index contributed by atoms with van der Waals surface area (Å²) in [4.78, 5) is 11.6. The van der Waals surface area contributed by atoms with E-state index in [2.05, 4.69) is 10.0 Å². The van der Waals surface area contributed by atoms with Gasteiger partial charge in [0.25, 0.3) is 10.0 Å². The van der Waals surface area contributed by atoms with Gasteiger partial charge >= 0.3 is 0 Å². The standard InChI is InChI=1S/C17H18N2O6S/c1-3-17(20)18-13-9-12(5-7-14(13)23-2)26(21,22)19-11-4-6-15-16(8-11)25-10-24-15/h4-9,19H,3,10H2,1-2H3,(H,18,20). The van der Waals surface area contributed by atoms with Gasteiger partial charge in [0.05, 0.1) is 23.4 Å². The second kappa shape index (κ2) is 7.12. The summed E-state index contributed by atoms with van der Waals surface area (Å²) in [6.45, 7) is 1.80. The summed E-state index contributed by atoms with van der Waals surface area (Å²) in [6.07, 6.45) is 0.260. The molecule has 0 unspecified atom stereocenters. The number of fused-ring (bicyclic) bond motifs is 1. The summed E-state index contributed by atoms with van der Waals surface area (Å²) in [5, 5.41) is 2.63. The van der Waals surface area contributed by atoms with E-state index in [0.717, 1.165) is 0 Å². The lowest BCUT2D eigenvalue weighted by molar-refractivity contribution is -0.115. The third-order valence-electron chi connectivity index (χ3n) is 3.70. The van der Waals surface area contributed by atoms with Crippen molar-refractivity contribution in [2.75, 3.05) is 23.9 Å². The molecular formula is C17H18N2O6S. The minimum absolute atomic E-state index is 0.0117. The van der Waals surface area contributed by atoms with Gasteiger partial charge < -0.3 is 19.5 Å². The average Bonchev–Trinajstić information content (AvgIpc) is 3.09. The summed E-state index contributed by atoms with van der Waals surface area (Å²) in [5.74, 6) is 1.15. The quantitative estimate of drug-likeness (QED) is 0.801. The van der Waals surface area contributed by atoms with Crippen LogP contribution in [0.4, 0.5) is 11.4 Å². The van der Waals surface area contributed by atoms with Crippen LogP contribution >= 0.6 is 0 Å². The number of rotatable bonds is 6. The van der Waals surface area contributed by atoms with Crippen LogP contribution < -0.4 is 24.2 Å². The van der Waals surface area contributed by atoms with Gasteiger partial charge in [-0.15, -0.1) is 0 Å². The first-order valence-electron chi connectivity index (χ1n) is 7.83. The Labute approximate surface area is 151 Å². The number of methoxy groups -OCH3 is 1. The average molecular weight is 378 g/mol. The number of sulfonamides is 1. The van der Waals surface area contributed by atoms with Gasteiger partial charge in [0, 0.05) is 12.5 Å². The highest BCUT2D eigenvalue weighted by atomic mass is 32.2. The Bertz CT molecular complexity index is 942. The maximum Gasteiger partial charge on any atom is 0.261 e. The zero-order valence-corrected chi connectivity index (χ0v) is 15.1. The van der Waals surface area contributed by atoms with E-state index in [1.807, 2.05) is 0 Å². The second-order valence-electron chi connectivity index (χ2n) is 5.44. The molecule has 26 heavy (non-hydrogen) atoms. The maximum atomic E-state index is 12.7. The fourth-order valence-corrected chi connectivity index (χ4v) is 3.44. The van der Waals surface area contributed by atoms with Gasteiger partial charge in [0.2, 0.25) is 12.7 Å². The van der Waals surface area contributed by atoms with Crippen LogP contribution in [0, 0.1) is 0 Å². The van der Waals surface area contributed by atoms with E-state index in [-0.39, 0.29) is 29.7 Å². The van der Waals surface area contributed by atoms with Crippen molar-refractivity contribution in [2.45, 2.75) is 18.2 Å². The molecule has 1 aliphatic heterocycles. The molecule has 1 heterocycles. The lowest BCUT2D eigenvalue weighted by Gasteiger charge is -2.13. The molecule has 1 aliphatic rings. The van der Waals surface area contributed by atoms with E-state index in [4.69, 9.17) is 14.2 Å². The third-order valence-corrected chi connectivity index (χ3v) is 5.08. The smallest absolute Gasteiger partial charge is 0.261 e. The first-order valence-corrected chi connectivity index (χ1v) is 9.31. The number of anilines is 2. The number of benzene rings is 2. The molecule has 0 spiro atoms. The van der Waals surface area contributed by atoms with Crippen LogP contribution in [-0.2, 0) is 14.8 Å². The van der Waals surface area contributed by atoms with Crippen molar-refractivity contribution < 1.29 is 27.4 Å². The van der Waals surface area contributed by atoms with Crippen molar-refractivity contribution in [3.63, 3.8) is 0 Å². The van der Waals surface area contributed by atoms with Gasteiger partial charge in [-0.05, 0) is 30.3 Å². The van der Waals surface area contributed by atoms with Crippen LogP contribution in [0.25, 0.3) is 0 Å². The number of carbonyl (C=O) groups is 1. The summed E-state index contributed by atoms with van der Waals surface area (Å²) in [5.41, 5.74) is 0.622. The van der Waals surface area contributed by atoms with E-state index >= 15 is 0 Å². The fraction of sp³-hybridized carbons (Fsp3) is 0.235. The molecule has 0 aromatic heterocycles. The Balaban J connectivity index is 1.89. The lowest BCUT2D eigenvalue weighted by Crippen LogP contribution is -2.15. The van der Waals surface area contributed by atoms with Crippen molar-refractivity contribution in [1.29, 1.82) is 0 Å². The molecule has 0 aliphatic carbocycles. The molecule has 138 valence electrons. The van der Waals surface area contributed by atoms with E-state index in [0.29, 0.717) is 22.9 Å². The number of amides is 1. The van der Waals surface area contributed by atoms with E-state index < -0.39 is 10.0 Å². The first kappa shape index (κ1) is 17.9. The molecule has 2 aromatic rings. The van der Waals surface area contributed by atoms with Crippen molar-refractivity contribution in [3.8, 4) is 17.2 Å². The molecule has 0 radical (unpaired) electrons. The summed E-state index contributed by atoms with van der Waals surface area (Å²) in [7, 11) is -2.43. The number of ether oxygens (including phenoxy) is 3. The van der Waals surface area contributed by atoms with E-state index in [1.54, 1.807) is 25.1 Å². The molecule has 0 saturated carbocycles. The first-order chi connectivity index (χ1) is 12.4. The van der Waals surface area contributed by atoms with Gasteiger partial charge in [0.1, 0.15) is 5.75 Å². The molecule has 8 nitrogen and oxygen atoms in total. The number of carbonyl (C=O) groups excluding carboxylic acids is 1. The van der Waals surface area contributed by atoms with Crippen molar-refractivity contribution in [1.82, 2.24) is 0 Å². The zero-order chi connectivity index (χ0) is 18.7. The Kier molecular flexibility index (Phi) is 4.90. The molecule has 1 amide bonds. The Morgan fingerprint density at radius 3 is 2.65 bits per heavy atom. The van der Waals surface area contributed by atoms with E-state index in [9.17, 15) is 13.2 Å². The highest BCUT2D eigenvalue weighted by molar-refractivity contribution is 7.92. The fourth-order valence-electron chi connectivity index (χ4n) is 2.36. The molecule has 2 N–H and O–H groups in total. The minimum atomic E-state index is -3.87. The minimum Gasteiger partial charge on any atom is -0.495 e. The molecule has 0 bridgehead atoms. The van der Waals surface area contributed by atoms with Gasteiger partial charge in [-0.3, -0.25) is 9.52 Å². The predicted octanol–water partition coefficient (Wildman–Crippen LogP) is 2.57. The Morgan fingerprint density at radius 2 is 1.92 bits per heavy atom. The number of nitrogens with one attached hydrogen (secondary N) is 2. The van der Waals surface area contributed by atoms with E-state index in [1.165, 1.54) is 25.3 Å². The van der Waals surface area contributed by atoms with Crippen LogP contribution in [0.3, 0.4) is 0 Å². The van der Waals surface area contributed by atoms with Crippen LogP contribution in [0.5, 0.6) is 17.2 Å². The molecular weight excluding hydrogens is 360 g/mol. The number of hydrogen-bond acceptors (Lipinski definition) is 6. The number of hydrogen-bond donors (Lipinski definition) is 2. The molecule has 0 fully saturated rings. The third kappa shape index (κ3) is 3.67. The normalized spacial score (nSPS) is 12.5. The topological polar surface area (TPSA) is 103 Å². The highest BCUT2D eigenvalue weighted by Crippen LogP contribution is 2.35. The summed E-state index contributed by atoms with van der Waals surface area (Å²) in [6, 6.07) is 8.98. The SMILES string of the molecule is CCC(=O)Nc1cc(S(=O)(=O)Nc2ccc3c(c2)OCO3)ccc1OC. The Hall–Kier alpha value is -2.94. The molecule has 0 atom stereocenters. The zero-order valence-electron chi connectivity index (χ0n) is 14.2. The van der Waals surface area contributed by atoms with Gasteiger partial charge in [0.15, 0.2) is 11.5 Å². The lowest BCUT2D eigenvalue weighted by atomic mass is 10.3. The monoisotopic (exact) mass is 378 g/mol. The molecule has 0 saturated heterocycles. The Morgan fingerprint density at radius 1 is 1.15 bits per heavy atom. The van der Waals surface area contributed by atoms with Crippen LogP contribution in [0.2, 0.25) is 0 Å². The van der Waals surface area contributed by atoms with Crippen molar-refractivity contribution in [2.24, 2.45) is 0 Å². The van der Waals surface area contributed by atoms with Gasteiger partial charge in [-0.2, -0.15) is 0 Å². The largest absolute Gasteiger partial charge is 0.495 e. The van der Waals surface area contributed by atoms with Crippen LogP contribution in [0.15, 0.2) is 41.3 Å². The van der Waals surface area contributed by atoms with Crippen LogP contribution in [-0.4, -0.2) is 28.2 Å². The molecule has 9 heteroatoms. The van der Waals surface area contributed by atoms with Crippen molar-refractivity contribution in [3.05, 3.63) is 36.4 Å². The maximum absolute atomic E-state index is 12.7. The molecule has 3 rings (SSSR count). The van der Waals surface area contributed by atoms with Crippen LogP contribution in [0.1, 0.15) is 13.3 Å². The second-order valence-corrected chi connectivity index (χ2v) is 7.12. The molecule has 2 aromatic carbocycles.